The summed E-state index contributed by atoms with van der Waals surface area (Å²) in [6, 6.07) is 20.3. The van der Waals surface area contributed by atoms with Crippen molar-refractivity contribution in [3.8, 4) is 0 Å². The molecule has 0 bridgehead atoms. The van der Waals surface area contributed by atoms with Gasteiger partial charge in [-0.1, -0.05) is 68.2 Å². The fourth-order valence-corrected chi connectivity index (χ4v) is 6.57. The minimum atomic E-state index is -1.11. The lowest BCUT2D eigenvalue weighted by Gasteiger charge is -2.27. The van der Waals surface area contributed by atoms with Gasteiger partial charge in [-0.15, -0.1) is 0 Å². The minimum absolute atomic E-state index is 1.11. The Balaban J connectivity index is 2.08. The van der Waals surface area contributed by atoms with Crippen molar-refractivity contribution in [1.29, 1.82) is 0 Å². The summed E-state index contributed by atoms with van der Waals surface area (Å²) in [5, 5.41) is 7.18. The van der Waals surface area contributed by atoms with Gasteiger partial charge in [0.2, 0.25) is 0 Å². The van der Waals surface area contributed by atoms with Crippen molar-refractivity contribution < 1.29 is 0 Å². The lowest BCUT2D eigenvalue weighted by molar-refractivity contribution is 1.11. The molecule has 0 nitrogen and oxygen atoms in total. The van der Waals surface area contributed by atoms with Gasteiger partial charge in [0.05, 0.1) is 0 Å². The lowest BCUT2D eigenvalue weighted by atomic mass is 9.97. The fourth-order valence-electron chi connectivity index (χ4n) is 3.80. The van der Waals surface area contributed by atoms with Crippen LogP contribution in [0.1, 0.15) is 25.3 Å². The Labute approximate surface area is 138 Å². The van der Waals surface area contributed by atoms with Gasteiger partial charge in [-0.2, -0.15) is 0 Å². The summed E-state index contributed by atoms with van der Waals surface area (Å²) in [6.07, 6.45) is 6.08. The molecule has 1 unspecified atom stereocenters. The topological polar surface area (TPSA) is 0 Å². The van der Waals surface area contributed by atoms with Crippen molar-refractivity contribution in [2.75, 3.05) is 12.8 Å². The molecule has 23 heavy (non-hydrogen) atoms. The quantitative estimate of drug-likeness (QED) is 0.374. The molecular formula is C22H23P. The zero-order valence-electron chi connectivity index (χ0n) is 13.9. The maximum atomic E-state index is 2.53. The molecular weight excluding hydrogens is 295 g/mol. The largest absolute Gasteiger partial charge is 0.0844 e. The van der Waals surface area contributed by atoms with Crippen LogP contribution in [-0.4, -0.2) is 18.1 Å². The van der Waals surface area contributed by atoms with E-state index in [1.807, 2.05) is 0 Å². The number of fused-ring (bicyclic) bond motifs is 2. The monoisotopic (exact) mass is 318 g/mol. The third-order valence-electron chi connectivity index (χ3n) is 5.31. The van der Waals surface area contributed by atoms with Crippen molar-refractivity contribution in [2.45, 2.75) is 19.8 Å². The predicted molar refractivity (Wildman–Crippen MR) is 107 cm³/mol. The molecule has 4 rings (SSSR count). The van der Waals surface area contributed by atoms with E-state index in [-0.39, 0.29) is 0 Å². The molecule has 0 fully saturated rings. The van der Waals surface area contributed by atoms with E-state index in [9.17, 15) is 0 Å². The highest BCUT2D eigenvalue weighted by molar-refractivity contribution is 7.78. The molecule has 3 aromatic rings. The molecule has 1 heterocycles. The molecule has 3 aromatic carbocycles. The standard InChI is InChI=1S/C22H23P/c1-3-23(2)14-7-6-13-22(23)20-12-8-11-19-15-17-9-4-5-10-18(17)16-21(19)20/h4-5,7-12,14-16H,3,6,13H2,1-2H3. The summed E-state index contributed by atoms with van der Waals surface area (Å²) in [6.45, 7) is 3.74. The van der Waals surface area contributed by atoms with Crippen LogP contribution in [0.4, 0.5) is 0 Å². The third-order valence-corrected chi connectivity index (χ3v) is 9.19. The van der Waals surface area contributed by atoms with Crippen LogP contribution < -0.4 is 0 Å². The Bertz CT molecular complexity index is 976. The average Bonchev–Trinajstić information content (AvgIpc) is 2.60. The Morgan fingerprint density at radius 2 is 1.65 bits per heavy atom. The maximum Gasteiger partial charge on any atom is -0.0102 e. The average molecular weight is 318 g/mol. The SMILES string of the molecule is CCP1(C)=C(c2cccc3cc4ccccc4cc23)CCC=C1. The number of allylic oxidation sites excluding steroid dienone is 1. The summed E-state index contributed by atoms with van der Waals surface area (Å²) in [5.41, 5.74) is 1.50. The molecule has 116 valence electrons. The van der Waals surface area contributed by atoms with Crippen LogP contribution in [0.2, 0.25) is 0 Å². The Kier molecular flexibility index (Phi) is 3.66. The van der Waals surface area contributed by atoms with Gasteiger partial charge < -0.3 is 0 Å². The van der Waals surface area contributed by atoms with Crippen molar-refractivity contribution in [3.05, 3.63) is 72.1 Å². The van der Waals surface area contributed by atoms with Crippen LogP contribution in [0.5, 0.6) is 0 Å². The summed E-state index contributed by atoms with van der Waals surface area (Å²) in [4.78, 5) is 0. The molecule has 0 saturated carbocycles. The van der Waals surface area contributed by atoms with E-state index >= 15 is 0 Å². The molecule has 1 atom stereocenters. The molecule has 0 saturated heterocycles. The van der Waals surface area contributed by atoms with Crippen LogP contribution >= 0.6 is 6.89 Å². The lowest BCUT2D eigenvalue weighted by Crippen LogP contribution is -2.08. The van der Waals surface area contributed by atoms with E-state index in [2.05, 4.69) is 80.1 Å². The molecule has 0 amide bonds. The van der Waals surface area contributed by atoms with Crippen molar-refractivity contribution in [3.63, 3.8) is 0 Å². The first-order valence-electron chi connectivity index (χ1n) is 8.52. The Morgan fingerprint density at radius 3 is 2.43 bits per heavy atom. The molecule has 1 heteroatoms. The molecule has 0 spiro atoms. The Morgan fingerprint density at radius 1 is 0.913 bits per heavy atom. The first kappa shape index (κ1) is 14.8. The fraction of sp³-hybridized carbons (Fsp3) is 0.227. The highest BCUT2D eigenvalue weighted by atomic mass is 31.2. The van der Waals surface area contributed by atoms with Gasteiger partial charge in [0.25, 0.3) is 0 Å². The van der Waals surface area contributed by atoms with E-state index in [1.165, 1.54) is 46.1 Å². The molecule has 0 radical (unpaired) electrons. The van der Waals surface area contributed by atoms with Crippen molar-refractivity contribution >= 4 is 33.7 Å². The van der Waals surface area contributed by atoms with Gasteiger partial charge in [0.1, 0.15) is 0 Å². The third kappa shape index (κ3) is 2.46. The second-order valence-corrected chi connectivity index (χ2v) is 10.7. The van der Waals surface area contributed by atoms with Gasteiger partial charge in [-0.05, 0) is 70.2 Å². The van der Waals surface area contributed by atoms with E-state index in [0.717, 1.165) is 0 Å². The summed E-state index contributed by atoms with van der Waals surface area (Å²) in [7, 11) is 0. The van der Waals surface area contributed by atoms with Crippen LogP contribution in [0, 0.1) is 0 Å². The van der Waals surface area contributed by atoms with E-state index in [0.29, 0.717) is 0 Å². The zero-order valence-corrected chi connectivity index (χ0v) is 14.8. The van der Waals surface area contributed by atoms with Crippen LogP contribution in [-0.2, 0) is 0 Å². The number of rotatable bonds is 2. The van der Waals surface area contributed by atoms with E-state index < -0.39 is 6.89 Å². The van der Waals surface area contributed by atoms with Gasteiger partial charge in [-0.25, -0.2) is 0 Å². The molecule has 1 aliphatic heterocycles. The van der Waals surface area contributed by atoms with Crippen molar-refractivity contribution in [1.82, 2.24) is 0 Å². The molecule has 1 aliphatic rings. The maximum absolute atomic E-state index is 2.53. The first-order chi connectivity index (χ1) is 11.2. The van der Waals surface area contributed by atoms with Gasteiger partial charge in [0.15, 0.2) is 0 Å². The number of hydrogen-bond donors (Lipinski definition) is 0. The van der Waals surface area contributed by atoms with E-state index in [4.69, 9.17) is 0 Å². The van der Waals surface area contributed by atoms with Gasteiger partial charge >= 0.3 is 0 Å². The van der Waals surface area contributed by atoms with Crippen LogP contribution in [0.3, 0.4) is 0 Å². The van der Waals surface area contributed by atoms with E-state index in [1.54, 1.807) is 5.29 Å². The van der Waals surface area contributed by atoms with Gasteiger partial charge in [0, 0.05) is 0 Å². The smallest absolute Gasteiger partial charge is 0.0102 e. The van der Waals surface area contributed by atoms with Crippen molar-refractivity contribution in [2.24, 2.45) is 0 Å². The predicted octanol–water partition coefficient (Wildman–Crippen LogP) is 6.49. The van der Waals surface area contributed by atoms with Crippen LogP contribution in [0.15, 0.2) is 66.5 Å². The highest BCUT2D eigenvalue weighted by Crippen LogP contribution is 2.51. The molecule has 0 aliphatic carbocycles. The second-order valence-electron chi connectivity index (χ2n) is 6.68. The summed E-state index contributed by atoms with van der Waals surface area (Å²) >= 11 is 0. The number of benzene rings is 3. The summed E-state index contributed by atoms with van der Waals surface area (Å²) < 4.78 is 0. The normalized spacial score (nSPS) is 21.2. The highest BCUT2D eigenvalue weighted by Gasteiger charge is 2.19. The minimum Gasteiger partial charge on any atom is -0.0844 e. The Hall–Kier alpha value is -1.78. The van der Waals surface area contributed by atoms with Gasteiger partial charge in [-0.3, -0.25) is 0 Å². The first-order valence-corrected chi connectivity index (χ1v) is 11.0. The molecule has 0 aromatic heterocycles. The molecule has 0 N–H and O–H groups in total. The summed E-state index contributed by atoms with van der Waals surface area (Å²) in [5.74, 6) is 2.53. The zero-order chi connectivity index (χ0) is 15.9. The number of hydrogen-bond acceptors (Lipinski definition) is 0. The van der Waals surface area contributed by atoms with Crippen LogP contribution in [0.25, 0.3) is 21.5 Å². The second kappa shape index (κ2) is 5.69.